The summed E-state index contributed by atoms with van der Waals surface area (Å²) in [6, 6.07) is -0.412. The minimum Gasteiger partial charge on any atom is -0.508 e. The van der Waals surface area contributed by atoms with Crippen LogP contribution in [0.4, 0.5) is 4.39 Å². The Kier molecular flexibility index (Phi) is 20.0. The highest BCUT2D eigenvalue weighted by Crippen LogP contribution is 2.24. The molecule has 1 saturated heterocycles. The first kappa shape index (κ1) is 50.2. The molecular formula is C45H63FN4O11. The van der Waals surface area contributed by atoms with E-state index in [1.165, 1.54) is 36.2 Å². The van der Waals surface area contributed by atoms with Gasteiger partial charge in [-0.1, -0.05) is 64.2 Å². The molecule has 0 aromatic heterocycles. The third-order valence-electron chi connectivity index (χ3n) is 10.8. The molecule has 2 bridgehead atoms. The van der Waals surface area contributed by atoms with Gasteiger partial charge in [-0.2, -0.15) is 0 Å². The number of allylic oxidation sites excluding steroid dienone is 4. The van der Waals surface area contributed by atoms with Gasteiger partial charge in [-0.15, -0.1) is 0 Å². The SMILES string of the molecule is CCC(C)OC(=O)/C=C/C=C(\C)[C@@H]1C/C=C/C=C/[C@H](O)[C@H](C)[C@@H](O)[C@@H](CCC(C)=O)C(=O)N[C@@H](C(C)C)C(=O)N[C@@H](Cc2cc(O)cc(F)c2)C(=O)N2CCCC(N2)C(=O)O1. The van der Waals surface area contributed by atoms with Crippen LogP contribution in [-0.2, 0) is 44.7 Å². The number of nitrogens with one attached hydrogen (secondary N) is 3. The molecular weight excluding hydrogens is 792 g/mol. The van der Waals surface area contributed by atoms with E-state index in [1.54, 1.807) is 58.9 Å². The average molecular weight is 855 g/mol. The molecule has 1 aromatic carbocycles. The number of halogens is 1. The third-order valence-corrected chi connectivity index (χ3v) is 10.8. The number of benzene rings is 1. The second-order valence-corrected chi connectivity index (χ2v) is 16.2. The molecule has 1 aromatic rings. The second-order valence-electron chi connectivity index (χ2n) is 16.2. The highest BCUT2D eigenvalue weighted by atomic mass is 19.1. The number of hydrogen-bond acceptors (Lipinski definition) is 12. The number of ether oxygens (including phenoxy) is 2. The molecule has 0 radical (unpaired) electrons. The first-order valence-electron chi connectivity index (χ1n) is 20.9. The summed E-state index contributed by atoms with van der Waals surface area (Å²) in [4.78, 5) is 80.3. The fourth-order valence-electron chi connectivity index (χ4n) is 6.82. The van der Waals surface area contributed by atoms with Crippen LogP contribution in [0.2, 0.25) is 0 Å². The molecule has 0 aliphatic carbocycles. The summed E-state index contributed by atoms with van der Waals surface area (Å²) in [6.07, 6.45) is 7.84. The van der Waals surface area contributed by atoms with Crippen LogP contribution in [0, 0.1) is 23.6 Å². The molecule has 16 heteroatoms. The Labute approximate surface area is 357 Å². The third kappa shape index (κ3) is 16.0. The average Bonchev–Trinajstić information content (AvgIpc) is 3.20. The highest BCUT2D eigenvalue weighted by molar-refractivity contribution is 5.93. The van der Waals surface area contributed by atoms with Crippen molar-refractivity contribution in [3.63, 3.8) is 0 Å². The van der Waals surface area contributed by atoms with E-state index < -0.39 is 95.4 Å². The Hall–Kier alpha value is -5.19. The van der Waals surface area contributed by atoms with Crippen molar-refractivity contribution < 1.29 is 58.0 Å². The summed E-state index contributed by atoms with van der Waals surface area (Å²) in [7, 11) is 0. The van der Waals surface area contributed by atoms with Gasteiger partial charge in [-0.05, 0) is 75.6 Å². The summed E-state index contributed by atoms with van der Waals surface area (Å²) in [6.45, 7) is 11.7. The van der Waals surface area contributed by atoms with Crippen molar-refractivity contribution in [2.75, 3.05) is 6.54 Å². The zero-order valence-corrected chi connectivity index (χ0v) is 36.1. The number of amides is 3. The van der Waals surface area contributed by atoms with Gasteiger partial charge in [-0.3, -0.25) is 24.2 Å². The van der Waals surface area contributed by atoms with E-state index >= 15 is 0 Å². The van der Waals surface area contributed by atoms with Crippen molar-refractivity contribution in [1.29, 1.82) is 0 Å². The number of fused-ring (bicyclic) bond motifs is 2. The normalized spacial score (nSPS) is 28.2. The molecule has 0 spiro atoms. The van der Waals surface area contributed by atoms with E-state index in [-0.39, 0.29) is 49.7 Å². The molecule has 3 amide bonds. The van der Waals surface area contributed by atoms with Gasteiger partial charge in [0.05, 0.1) is 24.2 Å². The zero-order valence-electron chi connectivity index (χ0n) is 36.1. The Morgan fingerprint density at radius 1 is 1.05 bits per heavy atom. The van der Waals surface area contributed by atoms with Gasteiger partial charge < -0.3 is 40.2 Å². The zero-order chi connectivity index (χ0) is 45.4. The second kappa shape index (κ2) is 24.3. The number of Topliss-reactive ketones (excluding diaryl/α,β-unsaturated/α-hetero) is 1. The number of esters is 2. The molecule has 2 unspecified atom stereocenters. The quantitative estimate of drug-likeness (QED) is 0.106. The predicted molar refractivity (Wildman–Crippen MR) is 224 cm³/mol. The number of phenolic OH excluding ortho intramolecular Hbond substituents is 1. The van der Waals surface area contributed by atoms with Gasteiger partial charge in [0.15, 0.2) is 0 Å². The summed E-state index contributed by atoms with van der Waals surface area (Å²) in [5.74, 6) is -7.56. The minimum absolute atomic E-state index is 0.0620. The van der Waals surface area contributed by atoms with E-state index in [0.29, 0.717) is 24.8 Å². The summed E-state index contributed by atoms with van der Waals surface area (Å²) in [5.41, 5.74) is 3.67. The van der Waals surface area contributed by atoms with Crippen LogP contribution in [0.5, 0.6) is 5.75 Å². The molecule has 61 heavy (non-hydrogen) atoms. The molecule has 3 rings (SSSR count). The summed E-state index contributed by atoms with van der Waals surface area (Å²) < 4.78 is 25.7. The Bertz CT molecular complexity index is 1810. The highest BCUT2D eigenvalue weighted by Gasteiger charge is 2.38. The monoisotopic (exact) mass is 854 g/mol. The lowest BCUT2D eigenvalue weighted by Crippen LogP contribution is -2.62. The van der Waals surface area contributed by atoms with Crippen molar-refractivity contribution in [3.8, 4) is 5.75 Å². The maximum Gasteiger partial charge on any atom is 0.331 e. The molecule has 9 atom stereocenters. The number of hydrazine groups is 1. The number of cyclic esters (lactones) is 1. The molecule has 336 valence electrons. The minimum atomic E-state index is -1.46. The number of aliphatic hydroxyl groups excluding tert-OH is 2. The maximum atomic E-state index is 14.4. The molecule has 15 nitrogen and oxygen atoms in total. The standard InChI is InChI=1S/C45H63FN4O11/c1-8-29(6)60-39(54)18-12-14-27(4)38-17-11-9-10-16-37(53)30(7)41(55)34(20-19-28(5)51)42(56)48-40(26(2)3)43(57)47-36(24-31-22-32(46)25-33(52)23-31)44(58)50-21-13-15-35(49-50)45(59)61-38/h9-12,14,16,18,22-23,25-26,29-30,34-38,40-41,49,52-53,55H,8,13,15,17,19-21,24H2,1-7H3,(H,47,57)(H,48,56)/b11-9+,16-10+,18-12+,27-14+/t29?,30-,34+,35?,36-,37-,38-,40-,41+/m0/s1. The van der Waals surface area contributed by atoms with Crippen LogP contribution in [0.15, 0.2) is 66.3 Å². The van der Waals surface area contributed by atoms with Crippen LogP contribution in [0.3, 0.4) is 0 Å². The Morgan fingerprint density at radius 3 is 2.43 bits per heavy atom. The molecule has 2 aliphatic rings. The van der Waals surface area contributed by atoms with Gasteiger partial charge in [0.25, 0.3) is 5.91 Å². The van der Waals surface area contributed by atoms with E-state index in [1.807, 2.05) is 6.92 Å². The van der Waals surface area contributed by atoms with Crippen molar-refractivity contribution in [3.05, 3.63) is 77.7 Å². The predicted octanol–water partition coefficient (Wildman–Crippen LogP) is 3.81. The molecule has 0 saturated carbocycles. The fourth-order valence-corrected chi connectivity index (χ4v) is 6.82. The number of aromatic hydroxyl groups is 1. The number of phenols is 1. The number of ketones is 1. The van der Waals surface area contributed by atoms with Gasteiger partial charge in [0, 0.05) is 43.9 Å². The van der Waals surface area contributed by atoms with Crippen LogP contribution >= 0.6 is 0 Å². The van der Waals surface area contributed by atoms with Crippen LogP contribution < -0.4 is 16.1 Å². The first-order chi connectivity index (χ1) is 28.8. The topological polar surface area (TPSA) is 221 Å². The number of hydrogen-bond donors (Lipinski definition) is 6. The van der Waals surface area contributed by atoms with Gasteiger partial charge in [0.1, 0.15) is 41.6 Å². The number of nitrogens with zero attached hydrogens (tertiary/aromatic N) is 1. The van der Waals surface area contributed by atoms with Crippen LogP contribution in [-0.4, -0.2) is 105 Å². The molecule has 2 aliphatic heterocycles. The fraction of sp³-hybridized carbons (Fsp3) is 0.556. The van der Waals surface area contributed by atoms with Crippen LogP contribution in [0.1, 0.15) is 92.6 Å². The molecule has 6 N–H and O–H groups in total. The smallest absolute Gasteiger partial charge is 0.331 e. The number of carbonyl (C=O) groups excluding carboxylic acids is 6. The van der Waals surface area contributed by atoms with Crippen LogP contribution in [0.25, 0.3) is 0 Å². The van der Waals surface area contributed by atoms with Gasteiger partial charge >= 0.3 is 11.9 Å². The lowest BCUT2D eigenvalue weighted by atomic mass is 9.84. The number of rotatable bonds is 11. The number of carbonyl (C=O) groups is 6. The lowest BCUT2D eigenvalue weighted by Gasteiger charge is -2.36. The largest absolute Gasteiger partial charge is 0.508 e. The van der Waals surface area contributed by atoms with Crippen molar-refractivity contribution in [2.45, 2.75) is 136 Å². The maximum absolute atomic E-state index is 14.4. The Morgan fingerprint density at radius 2 is 1.77 bits per heavy atom. The van der Waals surface area contributed by atoms with Gasteiger partial charge in [-0.25, -0.2) is 14.6 Å². The lowest BCUT2D eigenvalue weighted by molar-refractivity contribution is -0.156. The molecule has 2 heterocycles. The van der Waals surface area contributed by atoms with E-state index in [4.69, 9.17) is 9.47 Å². The summed E-state index contributed by atoms with van der Waals surface area (Å²) in [5, 5.41) is 39.2. The first-order valence-corrected chi connectivity index (χ1v) is 20.9. The van der Waals surface area contributed by atoms with Crippen molar-refractivity contribution >= 4 is 35.4 Å². The Balaban J connectivity index is 2.08. The molecule has 1 fully saturated rings. The van der Waals surface area contributed by atoms with Gasteiger partial charge in [0.2, 0.25) is 11.8 Å². The summed E-state index contributed by atoms with van der Waals surface area (Å²) >= 11 is 0. The van der Waals surface area contributed by atoms with Crippen molar-refractivity contribution in [1.82, 2.24) is 21.1 Å². The van der Waals surface area contributed by atoms with E-state index in [9.17, 15) is 48.5 Å². The number of aliphatic hydroxyl groups is 2. The van der Waals surface area contributed by atoms with E-state index in [0.717, 1.165) is 12.1 Å². The van der Waals surface area contributed by atoms with E-state index in [2.05, 4.69) is 16.1 Å². The van der Waals surface area contributed by atoms with Crippen molar-refractivity contribution in [2.24, 2.45) is 17.8 Å².